The fourth-order valence-corrected chi connectivity index (χ4v) is 4.19. The van der Waals surface area contributed by atoms with Crippen LogP contribution in [-0.4, -0.2) is 35.2 Å². The Morgan fingerprint density at radius 3 is 2.60 bits per heavy atom. The van der Waals surface area contributed by atoms with Crippen molar-refractivity contribution in [2.24, 2.45) is 0 Å². The largest absolute Gasteiger partial charge is 0.493 e. The molecule has 2 aromatic carbocycles. The van der Waals surface area contributed by atoms with Gasteiger partial charge in [-0.3, -0.25) is 10.1 Å². The van der Waals surface area contributed by atoms with Crippen LogP contribution in [0.4, 0.5) is 5.13 Å². The normalized spacial score (nSPS) is 10.5. The van der Waals surface area contributed by atoms with Gasteiger partial charge in [0.15, 0.2) is 10.2 Å². The van der Waals surface area contributed by atoms with E-state index in [9.17, 15) is 9.59 Å². The Hall–Kier alpha value is -2.56. The van der Waals surface area contributed by atoms with Gasteiger partial charge < -0.3 is 14.8 Å². The Labute approximate surface area is 190 Å². The van der Waals surface area contributed by atoms with E-state index < -0.39 is 0 Å². The van der Waals surface area contributed by atoms with Crippen molar-refractivity contribution in [3.05, 3.63) is 52.0 Å². The van der Waals surface area contributed by atoms with Crippen LogP contribution in [-0.2, 0) is 4.74 Å². The first-order chi connectivity index (χ1) is 14.4. The number of carbonyl (C=O) groups is 2. The highest BCUT2D eigenvalue weighted by Gasteiger charge is 2.14. The van der Waals surface area contributed by atoms with Crippen molar-refractivity contribution in [1.82, 2.24) is 10.3 Å². The lowest BCUT2D eigenvalue weighted by molar-refractivity contribution is 0.0526. The van der Waals surface area contributed by atoms with Gasteiger partial charge in [0.1, 0.15) is 5.75 Å². The summed E-state index contributed by atoms with van der Waals surface area (Å²) in [6.45, 7) is 4.48. The van der Waals surface area contributed by atoms with E-state index in [4.69, 9.17) is 21.7 Å². The topological polar surface area (TPSA) is 89.5 Å². The second kappa shape index (κ2) is 9.96. The van der Waals surface area contributed by atoms with Gasteiger partial charge in [0.25, 0.3) is 5.91 Å². The van der Waals surface area contributed by atoms with Crippen LogP contribution < -0.4 is 15.4 Å². The number of thiazole rings is 1. The Kier molecular flexibility index (Phi) is 7.35. The number of hydrogen-bond acceptors (Lipinski definition) is 7. The van der Waals surface area contributed by atoms with Gasteiger partial charge in [0.05, 0.1) is 33.5 Å². The minimum absolute atomic E-state index is 0.120. The van der Waals surface area contributed by atoms with Gasteiger partial charge in [-0.25, -0.2) is 9.78 Å². The molecule has 0 spiro atoms. The lowest BCUT2D eigenvalue weighted by Gasteiger charge is -2.09. The van der Waals surface area contributed by atoms with Crippen LogP contribution in [0.1, 0.15) is 34.6 Å². The monoisotopic (exact) mass is 507 g/mol. The standard InChI is InChI=1S/C20H18BrN3O4S2/c1-3-27-15-8-6-11(9-13(15)21)17(25)23-19(29)24-20-22-14-7-5-12(10-16(14)30-20)18(26)28-4-2/h5-10H,3-4H2,1-2H3,(H2,22,23,24,25,29). The number of nitrogens with zero attached hydrogens (tertiary/aromatic N) is 1. The van der Waals surface area contributed by atoms with Gasteiger partial charge in [-0.1, -0.05) is 11.3 Å². The molecule has 0 saturated heterocycles. The minimum atomic E-state index is -0.383. The molecule has 1 aromatic heterocycles. The zero-order chi connectivity index (χ0) is 21.7. The zero-order valence-electron chi connectivity index (χ0n) is 16.2. The molecule has 2 N–H and O–H groups in total. The van der Waals surface area contributed by atoms with Gasteiger partial charge in [-0.05, 0) is 78.4 Å². The average Bonchev–Trinajstić information content (AvgIpc) is 3.10. The van der Waals surface area contributed by atoms with E-state index in [0.29, 0.717) is 45.2 Å². The van der Waals surface area contributed by atoms with Crippen molar-refractivity contribution in [2.45, 2.75) is 13.8 Å². The number of anilines is 1. The maximum Gasteiger partial charge on any atom is 0.338 e. The summed E-state index contributed by atoms with van der Waals surface area (Å²) in [7, 11) is 0. The molecule has 0 aliphatic rings. The summed E-state index contributed by atoms with van der Waals surface area (Å²) < 4.78 is 11.9. The smallest absolute Gasteiger partial charge is 0.338 e. The molecule has 0 fully saturated rings. The Balaban J connectivity index is 1.67. The van der Waals surface area contributed by atoms with E-state index in [2.05, 4.69) is 31.5 Å². The number of fused-ring (bicyclic) bond motifs is 1. The number of amides is 1. The molecule has 0 aliphatic carbocycles. The number of ether oxygens (including phenoxy) is 2. The van der Waals surface area contributed by atoms with Gasteiger partial charge in [0, 0.05) is 5.56 Å². The fraction of sp³-hybridized carbons (Fsp3) is 0.200. The van der Waals surface area contributed by atoms with Crippen molar-refractivity contribution in [1.29, 1.82) is 0 Å². The number of carbonyl (C=O) groups excluding carboxylic acids is 2. The maximum atomic E-state index is 12.5. The third kappa shape index (κ3) is 5.32. The highest BCUT2D eigenvalue weighted by molar-refractivity contribution is 9.10. The van der Waals surface area contributed by atoms with Crippen LogP contribution in [0.3, 0.4) is 0 Å². The molecule has 10 heteroatoms. The quantitative estimate of drug-likeness (QED) is 0.367. The zero-order valence-corrected chi connectivity index (χ0v) is 19.4. The van der Waals surface area contributed by atoms with Crippen molar-refractivity contribution in [3.63, 3.8) is 0 Å². The molecule has 0 radical (unpaired) electrons. The van der Waals surface area contributed by atoms with E-state index in [0.717, 1.165) is 4.70 Å². The lowest BCUT2D eigenvalue weighted by Crippen LogP contribution is -2.34. The molecule has 1 heterocycles. The number of aromatic nitrogens is 1. The molecule has 3 rings (SSSR count). The van der Waals surface area contributed by atoms with Crippen LogP contribution in [0.25, 0.3) is 10.2 Å². The number of halogens is 1. The van der Waals surface area contributed by atoms with Crippen molar-refractivity contribution >= 4 is 71.8 Å². The van der Waals surface area contributed by atoms with Gasteiger partial charge in [-0.15, -0.1) is 0 Å². The second-order valence-electron chi connectivity index (χ2n) is 5.91. The molecule has 0 saturated carbocycles. The summed E-state index contributed by atoms with van der Waals surface area (Å²) in [4.78, 5) is 28.7. The van der Waals surface area contributed by atoms with Crippen LogP contribution in [0.15, 0.2) is 40.9 Å². The SMILES string of the molecule is CCOC(=O)c1ccc2nc(NC(=S)NC(=O)c3ccc(OCC)c(Br)c3)sc2c1. The van der Waals surface area contributed by atoms with Gasteiger partial charge in [0.2, 0.25) is 0 Å². The number of benzene rings is 2. The molecule has 30 heavy (non-hydrogen) atoms. The molecule has 0 aliphatic heterocycles. The minimum Gasteiger partial charge on any atom is -0.493 e. The molecule has 1 amide bonds. The van der Waals surface area contributed by atoms with Crippen LogP contribution in [0, 0.1) is 0 Å². The lowest BCUT2D eigenvalue weighted by atomic mass is 10.2. The first-order valence-electron chi connectivity index (χ1n) is 9.03. The molecule has 3 aromatic rings. The average molecular weight is 508 g/mol. The highest BCUT2D eigenvalue weighted by atomic mass is 79.9. The van der Waals surface area contributed by atoms with Crippen LogP contribution in [0.5, 0.6) is 5.75 Å². The molecule has 156 valence electrons. The van der Waals surface area contributed by atoms with Gasteiger partial charge in [-0.2, -0.15) is 0 Å². The second-order valence-corrected chi connectivity index (χ2v) is 8.20. The Morgan fingerprint density at radius 1 is 1.13 bits per heavy atom. The summed E-state index contributed by atoms with van der Waals surface area (Å²) in [5.41, 5.74) is 1.59. The third-order valence-corrected chi connectivity index (χ3v) is 5.60. The molecule has 7 nitrogen and oxygen atoms in total. The maximum absolute atomic E-state index is 12.5. The third-order valence-electron chi connectivity index (χ3n) is 3.84. The molecule has 0 unspecified atom stereocenters. The summed E-state index contributed by atoms with van der Waals surface area (Å²) in [6, 6.07) is 10.2. The molecular formula is C20H18BrN3O4S2. The summed E-state index contributed by atoms with van der Waals surface area (Å²) >= 11 is 9.93. The van der Waals surface area contributed by atoms with E-state index in [1.54, 1.807) is 43.3 Å². The predicted octanol–water partition coefficient (Wildman–Crippen LogP) is 4.76. The van der Waals surface area contributed by atoms with Crippen molar-refractivity contribution < 1.29 is 19.1 Å². The van der Waals surface area contributed by atoms with E-state index in [1.807, 2.05) is 6.92 Å². The number of rotatable bonds is 6. The number of esters is 1. The summed E-state index contributed by atoms with van der Waals surface area (Å²) in [6.07, 6.45) is 0. The van der Waals surface area contributed by atoms with Crippen LogP contribution in [0.2, 0.25) is 0 Å². The van der Waals surface area contributed by atoms with Crippen molar-refractivity contribution in [3.8, 4) is 5.75 Å². The molecule has 0 atom stereocenters. The summed E-state index contributed by atoms with van der Waals surface area (Å²) in [5.74, 6) is -0.0834. The van der Waals surface area contributed by atoms with E-state index in [1.165, 1.54) is 11.3 Å². The number of hydrogen-bond donors (Lipinski definition) is 2. The summed E-state index contributed by atoms with van der Waals surface area (Å²) in [5, 5.41) is 6.16. The van der Waals surface area contributed by atoms with Crippen molar-refractivity contribution in [2.75, 3.05) is 18.5 Å². The fourth-order valence-electron chi connectivity index (χ4n) is 2.54. The Morgan fingerprint density at radius 2 is 1.90 bits per heavy atom. The van der Waals surface area contributed by atoms with Gasteiger partial charge >= 0.3 is 5.97 Å². The Bertz CT molecular complexity index is 1120. The number of thiocarbonyl (C=S) groups is 1. The molecular weight excluding hydrogens is 490 g/mol. The van der Waals surface area contributed by atoms with E-state index >= 15 is 0 Å². The first kappa shape index (κ1) is 22.1. The highest BCUT2D eigenvalue weighted by Crippen LogP contribution is 2.28. The predicted molar refractivity (Wildman–Crippen MR) is 125 cm³/mol. The number of nitrogens with one attached hydrogen (secondary N) is 2. The van der Waals surface area contributed by atoms with Crippen LogP contribution >= 0.6 is 39.5 Å². The van der Waals surface area contributed by atoms with E-state index in [-0.39, 0.29) is 17.0 Å². The molecule has 0 bridgehead atoms. The first-order valence-corrected chi connectivity index (χ1v) is 11.1.